The zero-order valence-electron chi connectivity index (χ0n) is 11.8. The van der Waals surface area contributed by atoms with E-state index in [1.807, 2.05) is 13.8 Å². The van der Waals surface area contributed by atoms with E-state index >= 15 is 0 Å². The van der Waals surface area contributed by atoms with Crippen LogP contribution in [0.2, 0.25) is 0 Å². The summed E-state index contributed by atoms with van der Waals surface area (Å²) in [6, 6.07) is -0.0628. The molecular formula is C12H25N3O3S. The maximum absolute atomic E-state index is 12.7. The van der Waals surface area contributed by atoms with Crippen molar-refractivity contribution < 1.29 is 13.2 Å². The predicted octanol–water partition coefficient (Wildman–Crippen LogP) is 0.154. The van der Waals surface area contributed by atoms with E-state index in [1.165, 1.54) is 4.31 Å². The van der Waals surface area contributed by atoms with Gasteiger partial charge in [-0.25, -0.2) is 0 Å². The topological polar surface area (TPSA) is 75.9 Å². The Hall–Kier alpha value is -0.210. The van der Waals surface area contributed by atoms with Crippen LogP contribution in [0, 0.1) is 0 Å². The molecule has 0 aromatic heterocycles. The maximum atomic E-state index is 12.7. The van der Waals surface area contributed by atoms with E-state index in [0.717, 1.165) is 19.3 Å². The highest BCUT2D eigenvalue weighted by molar-refractivity contribution is 7.86. The van der Waals surface area contributed by atoms with Crippen molar-refractivity contribution >= 4 is 10.2 Å². The lowest BCUT2D eigenvalue weighted by atomic mass is 10.1. The lowest BCUT2D eigenvalue weighted by Crippen LogP contribution is -2.56. The molecule has 0 saturated carbocycles. The van der Waals surface area contributed by atoms with Crippen LogP contribution in [-0.2, 0) is 14.9 Å². The van der Waals surface area contributed by atoms with Crippen LogP contribution in [0.5, 0.6) is 0 Å². The summed E-state index contributed by atoms with van der Waals surface area (Å²) in [6.07, 6.45) is 2.80. The van der Waals surface area contributed by atoms with Crippen LogP contribution in [0.4, 0.5) is 0 Å². The van der Waals surface area contributed by atoms with Crippen LogP contribution in [0.25, 0.3) is 0 Å². The van der Waals surface area contributed by atoms with Crippen LogP contribution < -0.4 is 5.73 Å². The minimum atomic E-state index is -3.37. The normalized spacial score (nSPS) is 33.2. The van der Waals surface area contributed by atoms with Gasteiger partial charge >= 0.3 is 0 Å². The molecule has 2 fully saturated rings. The summed E-state index contributed by atoms with van der Waals surface area (Å²) in [4.78, 5) is 0. The molecule has 19 heavy (non-hydrogen) atoms. The van der Waals surface area contributed by atoms with Crippen molar-refractivity contribution in [3.8, 4) is 0 Å². The van der Waals surface area contributed by atoms with Gasteiger partial charge in [0.25, 0.3) is 10.2 Å². The predicted molar refractivity (Wildman–Crippen MR) is 73.9 cm³/mol. The van der Waals surface area contributed by atoms with E-state index in [4.69, 9.17) is 10.5 Å². The van der Waals surface area contributed by atoms with E-state index in [0.29, 0.717) is 26.2 Å². The molecular weight excluding hydrogens is 266 g/mol. The Morgan fingerprint density at radius 3 is 2.68 bits per heavy atom. The van der Waals surface area contributed by atoms with Crippen LogP contribution in [0.3, 0.4) is 0 Å². The Morgan fingerprint density at radius 2 is 2.05 bits per heavy atom. The van der Waals surface area contributed by atoms with Crippen LogP contribution in [0.1, 0.15) is 33.1 Å². The van der Waals surface area contributed by atoms with E-state index in [2.05, 4.69) is 0 Å². The Labute approximate surface area is 116 Å². The number of hydrogen-bond acceptors (Lipinski definition) is 4. The summed E-state index contributed by atoms with van der Waals surface area (Å²) in [5.74, 6) is 0. The number of nitrogens with zero attached hydrogens (tertiary/aromatic N) is 2. The fourth-order valence-electron chi connectivity index (χ4n) is 2.74. The highest BCUT2D eigenvalue weighted by Crippen LogP contribution is 2.23. The molecule has 0 aromatic carbocycles. The van der Waals surface area contributed by atoms with Crippen molar-refractivity contribution in [3.05, 3.63) is 0 Å². The summed E-state index contributed by atoms with van der Waals surface area (Å²) in [5.41, 5.74) is 5.82. The summed E-state index contributed by atoms with van der Waals surface area (Å²) in [6.45, 7) is 5.68. The summed E-state index contributed by atoms with van der Waals surface area (Å²) in [5, 5.41) is 0. The molecule has 2 heterocycles. The number of morpholine rings is 1. The third-order valence-electron chi connectivity index (χ3n) is 4.01. The second-order valence-electron chi connectivity index (χ2n) is 5.59. The minimum absolute atomic E-state index is 0.0929. The van der Waals surface area contributed by atoms with Gasteiger partial charge in [-0.15, -0.1) is 0 Å². The fourth-order valence-corrected chi connectivity index (χ4v) is 4.60. The van der Waals surface area contributed by atoms with Crippen molar-refractivity contribution in [1.82, 2.24) is 8.61 Å². The van der Waals surface area contributed by atoms with Crippen molar-refractivity contribution in [1.29, 1.82) is 0 Å². The van der Waals surface area contributed by atoms with Gasteiger partial charge in [-0.3, -0.25) is 0 Å². The first-order chi connectivity index (χ1) is 8.93. The summed E-state index contributed by atoms with van der Waals surface area (Å²) < 4.78 is 34.1. The van der Waals surface area contributed by atoms with E-state index in [9.17, 15) is 8.42 Å². The lowest BCUT2D eigenvalue weighted by molar-refractivity contribution is -0.0142. The first-order valence-electron chi connectivity index (χ1n) is 7.07. The molecule has 0 aromatic rings. The molecule has 2 saturated heterocycles. The van der Waals surface area contributed by atoms with Gasteiger partial charge in [0.15, 0.2) is 0 Å². The average molecular weight is 291 g/mol. The van der Waals surface area contributed by atoms with Crippen molar-refractivity contribution in [2.45, 2.75) is 51.3 Å². The molecule has 0 bridgehead atoms. The summed E-state index contributed by atoms with van der Waals surface area (Å²) in [7, 11) is -3.37. The Kier molecular flexibility index (Phi) is 4.84. The van der Waals surface area contributed by atoms with Gasteiger partial charge in [0, 0.05) is 31.7 Å². The van der Waals surface area contributed by atoms with Gasteiger partial charge in [0.2, 0.25) is 0 Å². The molecule has 2 rings (SSSR count). The molecule has 6 nitrogen and oxygen atoms in total. The van der Waals surface area contributed by atoms with Crippen molar-refractivity contribution in [2.24, 2.45) is 5.73 Å². The van der Waals surface area contributed by atoms with Gasteiger partial charge in [-0.05, 0) is 26.7 Å². The highest BCUT2D eigenvalue weighted by Gasteiger charge is 2.37. The Morgan fingerprint density at radius 1 is 1.32 bits per heavy atom. The van der Waals surface area contributed by atoms with Crippen LogP contribution in [-0.4, -0.2) is 61.5 Å². The maximum Gasteiger partial charge on any atom is 0.282 e. The molecule has 0 radical (unpaired) electrons. The quantitative estimate of drug-likeness (QED) is 0.803. The van der Waals surface area contributed by atoms with Gasteiger partial charge in [0.1, 0.15) is 0 Å². The van der Waals surface area contributed by atoms with Gasteiger partial charge in [-0.1, -0.05) is 6.42 Å². The third-order valence-corrected chi connectivity index (χ3v) is 6.13. The van der Waals surface area contributed by atoms with E-state index in [1.54, 1.807) is 4.31 Å². The second kappa shape index (κ2) is 6.05. The molecule has 3 unspecified atom stereocenters. The van der Waals surface area contributed by atoms with Crippen LogP contribution >= 0.6 is 0 Å². The molecule has 0 spiro atoms. The average Bonchev–Trinajstić information content (AvgIpc) is 2.39. The number of ether oxygens (including phenoxy) is 1. The second-order valence-corrected chi connectivity index (χ2v) is 7.47. The monoisotopic (exact) mass is 291 g/mol. The summed E-state index contributed by atoms with van der Waals surface area (Å²) >= 11 is 0. The molecule has 7 heteroatoms. The SMILES string of the molecule is CC(N)C1CN(S(=O)(=O)N2CCCCC2C)CCO1. The Balaban J connectivity index is 2.10. The zero-order chi connectivity index (χ0) is 14.0. The number of rotatable bonds is 3. The third kappa shape index (κ3) is 3.28. The number of nitrogens with two attached hydrogens (primary N) is 1. The highest BCUT2D eigenvalue weighted by atomic mass is 32.2. The number of hydrogen-bond donors (Lipinski definition) is 1. The smallest absolute Gasteiger partial charge is 0.282 e. The van der Waals surface area contributed by atoms with Gasteiger partial charge in [0.05, 0.1) is 12.7 Å². The standard InChI is InChI=1S/C12H25N3O3S/c1-10-5-3-4-6-15(10)19(16,17)14-7-8-18-12(9-14)11(2)13/h10-12H,3-9,13H2,1-2H3. The molecule has 112 valence electrons. The fraction of sp³-hybridized carbons (Fsp3) is 1.00. The molecule has 3 atom stereocenters. The van der Waals surface area contributed by atoms with Gasteiger partial charge < -0.3 is 10.5 Å². The Bertz CT molecular complexity index is 399. The minimum Gasteiger partial charge on any atom is -0.374 e. The first-order valence-corrected chi connectivity index (χ1v) is 8.46. The van der Waals surface area contributed by atoms with E-state index in [-0.39, 0.29) is 18.2 Å². The largest absolute Gasteiger partial charge is 0.374 e. The number of piperidine rings is 1. The zero-order valence-corrected chi connectivity index (χ0v) is 12.6. The van der Waals surface area contributed by atoms with E-state index < -0.39 is 10.2 Å². The van der Waals surface area contributed by atoms with Crippen LogP contribution in [0.15, 0.2) is 0 Å². The van der Waals surface area contributed by atoms with Crippen molar-refractivity contribution in [2.75, 3.05) is 26.2 Å². The van der Waals surface area contributed by atoms with Gasteiger partial charge in [-0.2, -0.15) is 17.0 Å². The first kappa shape index (κ1) is 15.2. The molecule has 0 aliphatic carbocycles. The molecule has 0 amide bonds. The molecule has 2 aliphatic rings. The lowest BCUT2D eigenvalue weighted by Gasteiger charge is -2.40. The van der Waals surface area contributed by atoms with Crippen molar-refractivity contribution in [3.63, 3.8) is 0 Å². The molecule has 2 N–H and O–H groups in total. The molecule has 2 aliphatic heterocycles.